The molecule has 0 aliphatic heterocycles. The van der Waals surface area contributed by atoms with Crippen molar-refractivity contribution in [3.05, 3.63) is 46.3 Å². The molecule has 0 saturated carbocycles. The Hall–Kier alpha value is -2.15. The number of para-hydroxylation sites is 1. The van der Waals surface area contributed by atoms with Crippen LogP contribution in [0.3, 0.4) is 0 Å². The van der Waals surface area contributed by atoms with Gasteiger partial charge in [0.25, 0.3) is 5.56 Å². The molecule has 0 amide bonds. The van der Waals surface area contributed by atoms with E-state index in [1.165, 1.54) is 24.6 Å². The smallest absolute Gasteiger partial charge is 0.262 e. The van der Waals surface area contributed by atoms with Crippen LogP contribution in [0.5, 0.6) is 0 Å². The topological polar surface area (TPSA) is 73.8 Å². The molecular weight excluding hydrogens is 372 g/mol. The van der Waals surface area contributed by atoms with Crippen LogP contribution in [0.15, 0.2) is 38.7 Å². The Morgan fingerprint density at radius 2 is 1.89 bits per heavy atom. The van der Waals surface area contributed by atoms with E-state index in [0.29, 0.717) is 34.6 Å². The molecule has 0 bridgehead atoms. The number of rotatable bonds is 8. The van der Waals surface area contributed by atoms with E-state index in [1.54, 1.807) is 4.57 Å². The van der Waals surface area contributed by atoms with Crippen molar-refractivity contribution in [2.75, 3.05) is 0 Å². The molecule has 0 saturated heterocycles. The molecule has 0 unspecified atom stereocenters. The average molecular weight is 401 g/mol. The summed E-state index contributed by atoms with van der Waals surface area (Å²) in [5.41, 5.74) is 0.584. The van der Waals surface area contributed by atoms with Gasteiger partial charge in [0.05, 0.1) is 16.7 Å². The summed E-state index contributed by atoms with van der Waals surface area (Å²) in [5.74, 6) is 1.73. The fourth-order valence-corrected chi connectivity index (χ4v) is 3.76. The summed E-state index contributed by atoms with van der Waals surface area (Å²) in [7, 11) is 0. The standard InChI is InChI=1S/C21H28N4O2S/c1-5-6-7-10-13-25-18(26)15-11-8-9-12-16(15)22-20(25)28-14-17-23-19(24-27-17)21(2,3)4/h8-9,11-12H,5-7,10,13-14H2,1-4H3. The minimum atomic E-state index is -0.158. The van der Waals surface area contributed by atoms with E-state index in [2.05, 4.69) is 17.1 Å². The van der Waals surface area contributed by atoms with E-state index in [-0.39, 0.29) is 11.0 Å². The minimum Gasteiger partial charge on any atom is -0.338 e. The molecular formula is C21H28N4O2S. The summed E-state index contributed by atoms with van der Waals surface area (Å²) in [6.07, 6.45) is 4.42. The molecule has 0 N–H and O–H groups in total. The summed E-state index contributed by atoms with van der Waals surface area (Å²) in [6, 6.07) is 7.51. The molecule has 1 aromatic carbocycles. The molecule has 3 aromatic rings. The number of aromatic nitrogens is 4. The van der Waals surface area contributed by atoms with Crippen LogP contribution in [-0.4, -0.2) is 19.7 Å². The van der Waals surface area contributed by atoms with Crippen LogP contribution in [-0.2, 0) is 17.7 Å². The van der Waals surface area contributed by atoms with Gasteiger partial charge in [-0.1, -0.05) is 76.0 Å². The van der Waals surface area contributed by atoms with Gasteiger partial charge in [0.15, 0.2) is 11.0 Å². The lowest BCUT2D eigenvalue weighted by Crippen LogP contribution is -2.23. The first kappa shape index (κ1) is 20.6. The number of unbranched alkanes of at least 4 members (excludes halogenated alkanes) is 3. The van der Waals surface area contributed by atoms with Gasteiger partial charge in [-0.25, -0.2) is 4.98 Å². The van der Waals surface area contributed by atoms with Crippen molar-refractivity contribution >= 4 is 22.7 Å². The molecule has 3 rings (SSSR count). The van der Waals surface area contributed by atoms with Crippen LogP contribution < -0.4 is 5.56 Å². The zero-order chi connectivity index (χ0) is 20.1. The summed E-state index contributed by atoms with van der Waals surface area (Å²) in [4.78, 5) is 22.2. The van der Waals surface area contributed by atoms with Gasteiger partial charge in [0.2, 0.25) is 5.89 Å². The van der Waals surface area contributed by atoms with Gasteiger partial charge >= 0.3 is 0 Å². The average Bonchev–Trinajstić information content (AvgIpc) is 3.15. The number of fused-ring (bicyclic) bond motifs is 1. The second kappa shape index (κ2) is 8.90. The molecule has 2 aromatic heterocycles. The maximum atomic E-state index is 13.0. The highest BCUT2D eigenvalue weighted by molar-refractivity contribution is 7.98. The van der Waals surface area contributed by atoms with Crippen LogP contribution in [0.25, 0.3) is 10.9 Å². The van der Waals surface area contributed by atoms with Crippen LogP contribution in [0.2, 0.25) is 0 Å². The molecule has 0 aliphatic rings. The lowest BCUT2D eigenvalue weighted by Gasteiger charge is -2.12. The maximum Gasteiger partial charge on any atom is 0.262 e. The zero-order valence-corrected chi connectivity index (χ0v) is 17.9. The van der Waals surface area contributed by atoms with Gasteiger partial charge in [0, 0.05) is 12.0 Å². The van der Waals surface area contributed by atoms with Crippen molar-refractivity contribution < 1.29 is 4.52 Å². The quantitative estimate of drug-likeness (QED) is 0.303. The summed E-state index contributed by atoms with van der Waals surface area (Å²) >= 11 is 1.47. The first-order valence-electron chi connectivity index (χ1n) is 9.85. The fraction of sp³-hybridized carbons (Fsp3) is 0.524. The zero-order valence-electron chi connectivity index (χ0n) is 17.1. The molecule has 6 nitrogen and oxygen atoms in total. The summed E-state index contributed by atoms with van der Waals surface area (Å²) in [6.45, 7) is 9.01. The van der Waals surface area contributed by atoms with E-state index < -0.39 is 0 Å². The molecule has 7 heteroatoms. The van der Waals surface area contributed by atoms with Gasteiger partial charge in [-0.2, -0.15) is 4.98 Å². The molecule has 0 fully saturated rings. The third-order valence-electron chi connectivity index (χ3n) is 4.53. The molecule has 2 heterocycles. The molecule has 28 heavy (non-hydrogen) atoms. The Kier molecular flexibility index (Phi) is 6.54. The monoisotopic (exact) mass is 400 g/mol. The van der Waals surface area contributed by atoms with Crippen molar-refractivity contribution in [2.45, 2.75) is 76.2 Å². The Labute approximate surface area is 169 Å². The van der Waals surface area contributed by atoms with E-state index in [1.807, 2.05) is 45.0 Å². The molecule has 0 atom stereocenters. The number of thioether (sulfide) groups is 1. The number of benzene rings is 1. The van der Waals surface area contributed by atoms with E-state index in [4.69, 9.17) is 9.51 Å². The third-order valence-corrected chi connectivity index (χ3v) is 5.49. The molecule has 0 spiro atoms. The van der Waals surface area contributed by atoms with E-state index in [0.717, 1.165) is 18.4 Å². The van der Waals surface area contributed by atoms with E-state index in [9.17, 15) is 4.79 Å². The Balaban J connectivity index is 1.85. The van der Waals surface area contributed by atoms with Gasteiger partial charge in [-0.3, -0.25) is 9.36 Å². The summed E-state index contributed by atoms with van der Waals surface area (Å²) < 4.78 is 7.18. The number of hydrogen-bond donors (Lipinski definition) is 0. The van der Waals surface area contributed by atoms with Crippen LogP contribution >= 0.6 is 11.8 Å². The minimum absolute atomic E-state index is 0.0190. The van der Waals surface area contributed by atoms with Gasteiger partial charge < -0.3 is 4.52 Å². The van der Waals surface area contributed by atoms with Gasteiger partial charge in [-0.15, -0.1) is 0 Å². The maximum absolute atomic E-state index is 13.0. The van der Waals surface area contributed by atoms with Crippen molar-refractivity contribution in [2.24, 2.45) is 0 Å². The Bertz CT molecular complexity index is 988. The van der Waals surface area contributed by atoms with Crippen LogP contribution in [0.1, 0.15) is 65.1 Å². The van der Waals surface area contributed by atoms with Crippen molar-refractivity contribution in [1.82, 2.24) is 19.7 Å². The van der Waals surface area contributed by atoms with Crippen molar-refractivity contribution in [3.63, 3.8) is 0 Å². The van der Waals surface area contributed by atoms with Crippen LogP contribution in [0, 0.1) is 0 Å². The second-order valence-corrected chi connectivity index (χ2v) is 8.92. The highest BCUT2D eigenvalue weighted by Gasteiger charge is 2.21. The third kappa shape index (κ3) is 4.82. The number of hydrogen-bond acceptors (Lipinski definition) is 6. The fourth-order valence-electron chi connectivity index (χ4n) is 2.90. The molecule has 0 radical (unpaired) electrons. The van der Waals surface area contributed by atoms with Crippen LogP contribution in [0.4, 0.5) is 0 Å². The first-order valence-corrected chi connectivity index (χ1v) is 10.8. The summed E-state index contributed by atoms with van der Waals surface area (Å²) in [5, 5.41) is 5.44. The Morgan fingerprint density at radius 1 is 1.11 bits per heavy atom. The lowest BCUT2D eigenvalue weighted by atomic mass is 9.96. The lowest BCUT2D eigenvalue weighted by molar-refractivity contribution is 0.372. The highest BCUT2D eigenvalue weighted by Crippen LogP contribution is 2.24. The SMILES string of the molecule is CCCCCCn1c(SCc2nc(C(C)(C)C)no2)nc2ccccc2c1=O. The highest BCUT2D eigenvalue weighted by atomic mass is 32.2. The molecule has 150 valence electrons. The largest absolute Gasteiger partial charge is 0.338 e. The van der Waals surface area contributed by atoms with Crippen molar-refractivity contribution in [3.8, 4) is 0 Å². The predicted octanol–water partition coefficient (Wildman–Crippen LogP) is 4.95. The Morgan fingerprint density at radius 3 is 2.61 bits per heavy atom. The van der Waals surface area contributed by atoms with Gasteiger partial charge in [-0.05, 0) is 18.6 Å². The molecule has 0 aliphatic carbocycles. The van der Waals surface area contributed by atoms with E-state index >= 15 is 0 Å². The second-order valence-electron chi connectivity index (χ2n) is 7.98. The number of nitrogens with zero attached hydrogens (tertiary/aromatic N) is 4. The first-order chi connectivity index (χ1) is 13.4. The predicted molar refractivity (Wildman–Crippen MR) is 113 cm³/mol. The van der Waals surface area contributed by atoms with Gasteiger partial charge in [0.1, 0.15) is 0 Å². The normalized spacial score (nSPS) is 12.0. The van der Waals surface area contributed by atoms with Crippen molar-refractivity contribution in [1.29, 1.82) is 0 Å².